The quantitative estimate of drug-likeness (QED) is 0.265. The van der Waals surface area contributed by atoms with Crippen LogP contribution in [-0.4, -0.2) is 57.5 Å². The minimum absolute atomic E-state index is 0.0298. The number of hydrogen-bond donors (Lipinski definition) is 1. The molecule has 0 saturated carbocycles. The largest absolute Gasteiger partial charge is 0.497 e. The second kappa shape index (κ2) is 14.9. The van der Waals surface area contributed by atoms with Crippen LogP contribution in [0.4, 0.5) is 5.69 Å². The monoisotopic (exact) mass is 615 g/mol. The number of nitrogens with one attached hydrogen (secondary N) is 1. The van der Waals surface area contributed by atoms with E-state index in [-0.39, 0.29) is 29.1 Å². The first-order valence-electron chi connectivity index (χ1n) is 13.7. The van der Waals surface area contributed by atoms with Gasteiger partial charge in [-0.2, -0.15) is 0 Å². The van der Waals surface area contributed by atoms with Crippen molar-refractivity contribution in [3.8, 4) is 11.5 Å². The summed E-state index contributed by atoms with van der Waals surface area (Å²) in [5, 5.41) is 3.30. The van der Waals surface area contributed by atoms with Gasteiger partial charge in [-0.25, -0.2) is 8.42 Å². The maximum absolute atomic E-state index is 14.0. The second-order valence-electron chi connectivity index (χ2n) is 9.76. The molecule has 0 unspecified atom stereocenters. The minimum atomic E-state index is -4.21. The summed E-state index contributed by atoms with van der Waals surface area (Å²) in [6.07, 6.45) is 0.718. The van der Waals surface area contributed by atoms with E-state index in [1.807, 2.05) is 20.8 Å². The first-order chi connectivity index (χ1) is 20.0. The maximum Gasteiger partial charge on any atom is 0.264 e. The summed E-state index contributed by atoms with van der Waals surface area (Å²) in [7, 11) is -2.65. The zero-order chi connectivity index (χ0) is 30.9. The molecule has 0 spiro atoms. The van der Waals surface area contributed by atoms with Crippen LogP contribution in [-0.2, 0) is 26.2 Å². The predicted molar refractivity (Wildman–Crippen MR) is 164 cm³/mol. The predicted octanol–water partition coefficient (Wildman–Crippen LogP) is 5.27. The number of anilines is 1. The van der Waals surface area contributed by atoms with Crippen LogP contribution in [0.3, 0.4) is 0 Å². The van der Waals surface area contributed by atoms with Crippen molar-refractivity contribution >= 4 is 39.1 Å². The van der Waals surface area contributed by atoms with Crippen molar-refractivity contribution in [2.45, 2.75) is 57.6 Å². The van der Waals surface area contributed by atoms with Gasteiger partial charge in [0.05, 0.1) is 24.3 Å². The second-order valence-corrected chi connectivity index (χ2v) is 12.1. The van der Waals surface area contributed by atoms with Gasteiger partial charge in [-0.15, -0.1) is 0 Å². The summed E-state index contributed by atoms with van der Waals surface area (Å²) < 4.78 is 39.6. The number of methoxy groups -OCH3 is 1. The fourth-order valence-corrected chi connectivity index (χ4v) is 5.65. The van der Waals surface area contributed by atoms with Gasteiger partial charge in [0.2, 0.25) is 11.8 Å². The van der Waals surface area contributed by atoms with Crippen molar-refractivity contribution < 1.29 is 27.5 Å². The fraction of sp³-hybridized carbons (Fsp3) is 0.355. The number of benzene rings is 3. The van der Waals surface area contributed by atoms with E-state index in [0.29, 0.717) is 23.1 Å². The van der Waals surface area contributed by atoms with E-state index in [2.05, 4.69) is 5.32 Å². The van der Waals surface area contributed by atoms with Gasteiger partial charge in [0.15, 0.2) is 0 Å². The number of ether oxygens (including phenoxy) is 2. The maximum atomic E-state index is 14.0. The van der Waals surface area contributed by atoms with Crippen LogP contribution in [0.1, 0.15) is 39.7 Å². The van der Waals surface area contributed by atoms with Crippen molar-refractivity contribution in [1.82, 2.24) is 10.2 Å². The van der Waals surface area contributed by atoms with Gasteiger partial charge in [-0.05, 0) is 93.4 Å². The molecule has 0 bridgehead atoms. The summed E-state index contributed by atoms with van der Waals surface area (Å²) in [5.41, 5.74) is 1.02. The van der Waals surface area contributed by atoms with Gasteiger partial charge in [0.25, 0.3) is 10.0 Å². The van der Waals surface area contributed by atoms with Crippen molar-refractivity contribution in [3.05, 3.63) is 83.4 Å². The summed E-state index contributed by atoms with van der Waals surface area (Å²) in [4.78, 5) is 28.6. The zero-order valence-electron chi connectivity index (χ0n) is 24.5. The van der Waals surface area contributed by atoms with E-state index >= 15 is 0 Å². The van der Waals surface area contributed by atoms with E-state index in [4.69, 9.17) is 21.1 Å². The molecular weight excluding hydrogens is 578 g/mol. The molecule has 0 saturated heterocycles. The smallest absolute Gasteiger partial charge is 0.264 e. The standard InChI is InChI=1S/C31H38ClN3O6S/c1-6-22(3)33-31(37)23(4)34(20-24-8-14-27(40-5)15-9-24)30(36)21-35(26-12-16-28(17-13-26)41-7-2)42(38,39)29-18-10-25(32)11-19-29/h8-19,22-23H,6-7,20-21H2,1-5H3,(H,33,37)/t22-,23-/m0/s1. The summed E-state index contributed by atoms with van der Waals surface area (Å²) in [5.74, 6) is 0.325. The molecule has 9 nitrogen and oxygen atoms in total. The van der Waals surface area contributed by atoms with Crippen molar-refractivity contribution in [1.29, 1.82) is 0 Å². The molecule has 0 aliphatic rings. The number of nitrogens with zero attached hydrogens (tertiary/aromatic N) is 2. The van der Waals surface area contributed by atoms with Gasteiger partial charge in [-0.3, -0.25) is 13.9 Å². The molecule has 2 amide bonds. The highest BCUT2D eigenvalue weighted by atomic mass is 35.5. The Hall–Kier alpha value is -3.76. The van der Waals surface area contributed by atoms with Crippen LogP contribution < -0.4 is 19.1 Å². The molecule has 226 valence electrons. The van der Waals surface area contributed by atoms with Crippen LogP contribution in [0.5, 0.6) is 11.5 Å². The SMILES string of the molecule is CCOc1ccc(N(CC(=O)N(Cc2ccc(OC)cc2)[C@@H](C)C(=O)N[C@@H](C)CC)S(=O)(=O)c2ccc(Cl)cc2)cc1. The molecule has 2 atom stereocenters. The van der Waals surface area contributed by atoms with E-state index in [1.165, 1.54) is 29.2 Å². The third kappa shape index (κ3) is 8.39. The fourth-order valence-electron chi connectivity index (χ4n) is 4.11. The number of sulfonamides is 1. The molecule has 0 aliphatic heterocycles. The van der Waals surface area contributed by atoms with Crippen LogP contribution >= 0.6 is 11.6 Å². The molecule has 1 N–H and O–H groups in total. The number of halogens is 1. The lowest BCUT2D eigenvalue weighted by Crippen LogP contribution is -2.52. The summed E-state index contributed by atoms with van der Waals surface area (Å²) >= 11 is 6.01. The highest BCUT2D eigenvalue weighted by Crippen LogP contribution is 2.27. The Balaban J connectivity index is 2.02. The highest BCUT2D eigenvalue weighted by molar-refractivity contribution is 7.92. The van der Waals surface area contributed by atoms with Crippen LogP contribution in [0, 0.1) is 0 Å². The normalized spacial score (nSPS) is 12.6. The Labute approximate surface area is 253 Å². The topological polar surface area (TPSA) is 105 Å². The molecule has 0 aliphatic carbocycles. The highest BCUT2D eigenvalue weighted by Gasteiger charge is 2.33. The number of amides is 2. The molecule has 3 aromatic carbocycles. The van der Waals surface area contributed by atoms with Crippen molar-refractivity contribution in [2.24, 2.45) is 0 Å². The van der Waals surface area contributed by atoms with Gasteiger partial charge >= 0.3 is 0 Å². The van der Waals surface area contributed by atoms with E-state index in [1.54, 1.807) is 62.6 Å². The molecule has 0 heterocycles. The number of hydrogen-bond acceptors (Lipinski definition) is 6. The van der Waals surface area contributed by atoms with Crippen LogP contribution in [0.15, 0.2) is 77.7 Å². The van der Waals surface area contributed by atoms with Gasteiger partial charge in [0.1, 0.15) is 24.1 Å². The van der Waals surface area contributed by atoms with Gasteiger partial charge in [0, 0.05) is 17.6 Å². The van der Waals surface area contributed by atoms with Gasteiger partial charge < -0.3 is 19.7 Å². The Morgan fingerprint density at radius 3 is 2.05 bits per heavy atom. The lowest BCUT2D eigenvalue weighted by atomic mass is 10.1. The Morgan fingerprint density at radius 1 is 0.905 bits per heavy atom. The molecule has 0 fully saturated rings. The molecule has 3 rings (SSSR count). The third-order valence-corrected chi connectivity index (χ3v) is 8.84. The molecule has 0 radical (unpaired) electrons. The summed E-state index contributed by atoms with van der Waals surface area (Å²) in [6.45, 7) is 7.29. The third-order valence-electron chi connectivity index (χ3n) is 6.80. The zero-order valence-corrected chi connectivity index (χ0v) is 26.1. The summed E-state index contributed by atoms with van der Waals surface area (Å²) in [6, 6.07) is 18.3. The molecule has 11 heteroatoms. The van der Waals surface area contributed by atoms with Crippen LogP contribution in [0.2, 0.25) is 5.02 Å². The Morgan fingerprint density at radius 2 is 1.50 bits per heavy atom. The van der Waals surface area contributed by atoms with E-state index in [0.717, 1.165) is 16.3 Å². The Bertz CT molecular complexity index is 1430. The lowest BCUT2D eigenvalue weighted by Gasteiger charge is -2.32. The molecule has 3 aromatic rings. The van der Waals surface area contributed by atoms with Crippen LogP contribution in [0.25, 0.3) is 0 Å². The number of rotatable bonds is 14. The van der Waals surface area contributed by atoms with Crippen molar-refractivity contribution in [3.63, 3.8) is 0 Å². The van der Waals surface area contributed by atoms with E-state index < -0.39 is 28.5 Å². The first-order valence-corrected chi connectivity index (χ1v) is 15.6. The minimum Gasteiger partial charge on any atom is -0.497 e. The number of carbonyl (C=O) groups is 2. The molecule has 0 aromatic heterocycles. The van der Waals surface area contributed by atoms with E-state index in [9.17, 15) is 18.0 Å². The number of carbonyl (C=O) groups excluding carboxylic acids is 2. The Kier molecular flexibility index (Phi) is 11.6. The first kappa shape index (κ1) is 32.8. The van der Waals surface area contributed by atoms with Gasteiger partial charge in [-0.1, -0.05) is 30.7 Å². The average molecular weight is 616 g/mol. The lowest BCUT2D eigenvalue weighted by molar-refractivity contribution is -0.139. The molecular formula is C31H38ClN3O6S. The van der Waals surface area contributed by atoms with Crippen molar-refractivity contribution in [2.75, 3.05) is 24.6 Å². The molecule has 42 heavy (non-hydrogen) atoms. The average Bonchev–Trinajstić information content (AvgIpc) is 2.99.